The number of carbonyl (C=O) groups excluding carboxylic acids is 3. The quantitative estimate of drug-likeness (QED) is 0.447. The summed E-state index contributed by atoms with van der Waals surface area (Å²) in [5.74, 6) is -0.241. The maximum absolute atomic E-state index is 13.8. The number of amides is 3. The van der Waals surface area contributed by atoms with E-state index in [9.17, 15) is 19.5 Å². The molecule has 0 bridgehead atoms. The number of hydrogen-bond donors (Lipinski definition) is 1. The SMILES string of the molecule is C=CCN1CC(=O)N2C(CN(Cc3ccc(C)c(N(C)C)c3)C(=O)[C@@H]2Cc2ccc(O)cc2)N1C=O. The average molecular weight is 492 g/mol. The van der Waals surface area contributed by atoms with E-state index in [2.05, 4.69) is 12.6 Å². The zero-order chi connectivity index (χ0) is 26.0. The smallest absolute Gasteiger partial charge is 0.246 e. The number of aryl methyl sites for hydroxylation is 1. The Balaban J connectivity index is 1.70. The van der Waals surface area contributed by atoms with Crippen molar-refractivity contribution >= 4 is 23.9 Å². The molecule has 0 aliphatic carbocycles. The lowest BCUT2D eigenvalue weighted by molar-refractivity contribution is -0.199. The van der Waals surface area contributed by atoms with Crippen LogP contribution >= 0.6 is 0 Å². The van der Waals surface area contributed by atoms with Crippen LogP contribution in [0, 0.1) is 6.92 Å². The van der Waals surface area contributed by atoms with Gasteiger partial charge < -0.3 is 19.8 Å². The number of phenols is 1. The number of hydrazine groups is 1. The molecule has 9 nitrogen and oxygen atoms in total. The molecule has 2 heterocycles. The molecule has 0 spiro atoms. The Hall–Kier alpha value is -3.85. The van der Waals surface area contributed by atoms with E-state index in [1.54, 1.807) is 45.2 Å². The maximum atomic E-state index is 13.8. The van der Waals surface area contributed by atoms with Crippen LogP contribution in [-0.4, -0.2) is 89.1 Å². The van der Waals surface area contributed by atoms with Crippen LogP contribution in [0.1, 0.15) is 16.7 Å². The molecular weight excluding hydrogens is 458 g/mol. The largest absolute Gasteiger partial charge is 0.508 e. The van der Waals surface area contributed by atoms with Gasteiger partial charge >= 0.3 is 0 Å². The van der Waals surface area contributed by atoms with E-state index >= 15 is 0 Å². The van der Waals surface area contributed by atoms with Crippen LogP contribution in [0.25, 0.3) is 0 Å². The molecule has 190 valence electrons. The van der Waals surface area contributed by atoms with Crippen LogP contribution in [-0.2, 0) is 27.3 Å². The summed E-state index contributed by atoms with van der Waals surface area (Å²) < 4.78 is 0. The van der Waals surface area contributed by atoms with Gasteiger partial charge in [0.15, 0.2) is 0 Å². The minimum atomic E-state index is -0.770. The van der Waals surface area contributed by atoms with E-state index in [0.717, 1.165) is 28.8 Å². The number of rotatable bonds is 8. The molecule has 1 unspecified atom stereocenters. The Morgan fingerprint density at radius 2 is 1.81 bits per heavy atom. The fourth-order valence-electron chi connectivity index (χ4n) is 5.06. The van der Waals surface area contributed by atoms with E-state index in [-0.39, 0.29) is 37.1 Å². The van der Waals surface area contributed by atoms with Gasteiger partial charge in [-0.2, -0.15) is 0 Å². The number of carbonyl (C=O) groups is 3. The van der Waals surface area contributed by atoms with Crippen molar-refractivity contribution in [2.45, 2.75) is 32.1 Å². The molecule has 2 aromatic carbocycles. The van der Waals surface area contributed by atoms with Crippen LogP contribution in [0.5, 0.6) is 5.75 Å². The molecule has 2 aliphatic rings. The summed E-state index contributed by atoms with van der Waals surface area (Å²) in [6.45, 7) is 6.68. The number of fused-ring (bicyclic) bond motifs is 1. The molecule has 9 heteroatoms. The third kappa shape index (κ3) is 4.92. The number of phenolic OH excluding ortho intramolecular Hbond substituents is 1. The Kier molecular flexibility index (Phi) is 7.30. The lowest BCUT2D eigenvalue weighted by Crippen LogP contribution is -2.74. The molecule has 2 aromatic rings. The van der Waals surface area contributed by atoms with Crippen molar-refractivity contribution in [2.24, 2.45) is 0 Å². The first-order chi connectivity index (χ1) is 17.2. The topological polar surface area (TPSA) is 87.6 Å². The van der Waals surface area contributed by atoms with Crippen molar-refractivity contribution in [3.63, 3.8) is 0 Å². The Morgan fingerprint density at radius 3 is 2.44 bits per heavy atom. The monoisotopic (exact) mass is 491 g/mol. The van der Waals surface area contributed by atoms with E-state index in [1.165, 1.54) is 5.01 Å². The zero-order valence-electron chi connectivity index (χ0n) is 21.0. The summed E-state index contributed by atoms with van der Waals surface area (Å²) in [5, 5.41) is 12.8. The highest BCUT2D eigenvalue weighted by atomic mass is 16.3. The Labute approximate surface area is 211 Å². The van der Waals surface area contributed by atoms with Gasteiger partial charge in [-0.15, -0.1) is 6.58 Å². The van der Waals surface area contributed by atoms with Gasteiger partial charge in [0.2, 0.25) is 18.2 Å². The number of benzene rings is 2. The van der Waals surface area contributed by atoms with E-state index < -0.39 is 12.2 Å². The summed E-state index contributed by atoms with van der Waals surface area (Å²) in [4.78, 5) is 44.6. The van der Waals surface area contributed by atoms with Crippen LogP contribution in [0.4, 0.5) is 5.69 Å². The minimum Gasteiger partial charge on any atom is -0.508 e. The van der Waals surface area contributed by atoms with Crippen LogP contribution in [0.2, 0.25) is 0 Å². The molecule has 36 heavy (non-hydrogen) atoms. The Bertz CT molecular complexity index is 1150. The molecule has 3 amide bonds. The maximum Gasteiger partial charge on any atom is 0.246 e. The standard InChI is InChI=1S/C27H33N5O4/c1-5-12-30-17-26(35)32-24(13-20-8-10-22(34)11-9-20)27(36)29(16-25(32)31(30)18-33)15-21-7-6-19(2)23(14-21)28(3)4/h5-11,14,18,24-25,34H,1,12-13,15-17H2,2-4H3/t24-,25?/m0/s1. The van der Waals surface area contributed by atoms with Crippen LogP contribution in [0.15, 0.2) is 55.1 Å². The number of aromatic hydroxyl groups is 1. The third-order valence-corrected chi connectivity index (χ3v) is 6.82. The second-order valence-electron chi connectivity index (χ2n) is 9.52. The van der Waals surface area contributed by atoms with Gasteiger partial charge in [0.05, 0.1) is 13.1 Å². The molecule has 4 rings (SSSR count). The summed E-state index contributed by atoms with van der Waals surface area (Å²) in [6.07, 6.45) is 2.02. The number of hydrogen-bond acceptors (Lipinski definition) is 6. The fraction of sp³-hybridized carbons (Fsp3) is 0.370. The summed E-state index contributed by atoms with van der Waals surface area (Å²) >= 11 is 0. The molecular formula is C27H33N5O4. The highest BCUT2D eigenvalue weighted by molar-refractivity contribution is 5.91. The molecule has 2 atom stereocenters. The first kappa shape index (κ1) is 25.2. The lowest BCUT2D eigenvalue weighted by atomic mass is 9.98. The van der Waals surface area contributed by atoms with Crippen molar-refractivity contribution < 1.29 is 19.5 Å². The van der Waals surface area contributed by atoms with E-state index in [1.807, 2.05) is 38.1 Å². The predicted octanol–water partition coefficient (Wildman–Crippen LogP) is 1.75. The lowest BCUT2D eigenvalue weighted by Gasteiger charge is -2.54. The summed E-state index contributed by atoms with van der Waals surface area (Å²) in [7, 11) is 3.96. The molecule has 1 N–H and O–H groups in total. The van der Waals surface area contributed by atoms with Crippen molar-refractivity contribution in [1.82, 2.24) is 19.8 Å². The molecule has 2 aliphatic heterocycles. The average Bonchev–Trinajstić information content (AvgIpc) is 2.84. The first-order valence-electron chi connectivity index (χ1n) is 12.0. The highest BCUT2D eigenvalue weighted by Gasteiger charge is 2.49. The van der Waals surface area contributed by atoms with Gasteiger partial charge in [-0.05, 0) is 41.8 Å². The van der Waals surface area contributed by atoms with Crippen LogP contribution in [0.3, 0.4) is 0 Å². The highest BCUT2D eigenvalue weighted by Crippen LogP contribution is 2.29. The molecule has 0 radical (unpaired) electrons. The second-order valence-corrected chi connectivity index (χ2v) is 9.52. The second kappa shape index (κ2) is 10.4. The van der Waals surface area contributed by atoms with E-state index in [4.69, 9.17) is 0 Å². The minimum absolute atomic E-state index is 0.00915. The van der Waals surface area contributed by atoms with Crippen molar-refractivity contribution in [3.8, 4) is 5.75 Å². The van der Waals surface area contributed by atoms with Crippen molar-refractivity contribution in [3.05, 3.63) is 71.8 Å². The van der Waals surface area contributed by atoms with Gasteiger partial charge in [0.1, 0.15) is 18.0 Å². The first-order valence-corrected chi connectivity index (χ1v) is 12.0. The summed E-state index contributed by atoms with van der Waals surface area (Å²) in [5.41, 5.74) is 3.99. The third-order valence-electron chi connectivity index (χ3n) is 6.82. The normalized spacial score (nSPS) is 20.4. The van der Waals surface area contributed by atoms with E-state index in [0.29, 0.717) is 13.1 Å². The van der Waals surface area contributed by atoms with Gasteiger partial charge in [0.25, 0.3) is 0 Å². The zero-order valence-corrected chi connectivity index (χ0v) is 21.0. The van der Waals surface area contributed by atoms with Crippen molar-refractivity contribution in [1.29, 1.82) is 0 Å². The van der Waals surface area contributed by atoms with Gasteiger partial charge in [-0.25, -0.2) is 5.01 Å². The Morgan fingerprint density at radius 1 is 1.11 bits per heavy atom. The number of anilines is 1. The molecule has 0 saturated carbocycles. The fourth-order valence-corrected chi connectivity index (χ4v) is 5.06. The number of piperazine rings is 1. The molecule has 2 saturated heterocycles. The summed E-state index contributed by atoms with van der Waals surface area (Å²) in [6, 6.07) is 12.0. The number of nitrogens with zero attached hydrogens (tertiary/aromatic N) is 5. The molecule has 2 fully saturated rings. The predicted molar refractivity (Wildman–Crippen MR) is 137 cm³/mol. The van der Waals surface area contributed by atoms with Crippen LogP contribution < -0.4 is 4.90 Å². The van der Waals surface area contributed by atoms with Gasteiger partial charge in [-0.1, -0.05) is 30.3 Å². The van der Waals surface area contributed by atoms with Gasteiger partial charge in [-0.3, -0.25) is 19.4 Å². The van der Waals surface area contributed by atoms with Crippen molar-refractivity contribution in [2.75, 3.05) is 38.6 Å². The van der Waals surface area contributed by atoms with Gasteiger partial charge in [0, 0.05) is 39.3 Å². The molecule has 0 aromatic heterocycles.